The molecule has 29 heavy (non-hydrogen) atoms. The van der Waals surface area contributed by atoms with E-state index in [1.54, 1.807) is 12.1 Å². The Kier molecular flexibility index (Phi) is 7.53. The largest absolute Gasteiger partial charge is 0.496 e. The van der Waals surface area contributed by atoms with Gasteiger partial charge in [0.05, 0.1) is 21.3 Å². The summed E-state index contributed by atoms with van der Waals surface area (Å²) >= 11 is 0. The van der Waals surface area contributed by atoms with Crippen LogP contribution >= 0.6 is 0 Å². The normalized spacial score (nSPS) is 10.5. The summed E-state index contributed by atoms with van der Waals surface area (Å²) in [7, 11) is 4.38. The minimum atomic E-state index is -0.940. The van der Waals surface area contributed by atoms with E-state index in [4.69, 9.17) is 18.9 Å². The number of halogens is 2. The smallest absolute Gasteiger partial charge is 0.331 e. The van der Waals surface area contributed by atoms with Crippen LogP contribution in [0.15, 0.2) is 36.4 Å². The summed E-state index contributed by atoms with van der Waals surface area (Å²) in [4.78, 5) is 23.6. The summed E-state index contributed by atoms with van der Waals surface area (Å²) < 4.78 is 47.4. The molecule has 2 aromatic carbocycles. The number of hydrogen-bond acceptors (Lipinski definition) is 6. The van der Waals surface area contributed by atoms with Crippen LogP contribution in [0.25, 0.3) is 6.08 Å². The molecule has 7 nitrogen and oxygen atoms in total. The lowest BCUT2D eigenvalue weighted by Crippen LogP contribution is -2.21. The van der Waals surface area contributed by atoms with Gasteiger partial charge in [0.2, 0.25) is 0 Å². The number of rotatable bonds is 8. The molecule has 0 saturated carbocycles. The van der Waals surface area contributed by atoms with E-state index in [0.29, 0.717) is 22.8 Å². The molecule has 0 aromatic heterocycles. The first kappa shape index (κ1) is 21.7. The van der Waals surface area contributed by atoms with Gasteiger partial charge in [-0.05, 0) is 24.3 Å². The van der Waals surface area contributed by atoms with Gasteiger partial charge in [0.1, 0.15) is 23.1 Å². The zero-order valence-corrected chi connectivity index (χ0v) is 16.0. The number of carbonyl (C=O) groups is 2. The van der Waals surface area contributed by atoms with Gasteiger partial charge in [-0.3, -0.25) is 4.79 Å². The van der Waals surface area contributed by atoms with Gasteiger partial charge in [-0.15, -0.1) is 0 Å². The molecule has 1 N–H and O–H groups in total. The molecule has 1 amide bonds. The summed E-state index contributed by atoms with van der Waals surface area (Å²) in [6, 6.07) is 6.32. The highest BCUT2D eigenvalue weighted by Gasteiger charge is 2.14. The number of amides is 1. The average Bonchev–Trinajstić information content (AvgIpc) is 2.72. The highest BCUT2D eigenvalue weighted by Crippen LogP contribution is 2.35. The van der Waals surface area contributed by atoms with Crippen LogP contribution < -0.4 is 19.5 Å². The van der Waals surface area contributed by atoms with Crippen LogP contribution in [-0.2, 0) is 14.3 Å². The van der Waals surface area contributed by atoms with E-state index in [1.165, 1.54) is 27.4 Å². The van der Waals surface area contributed by atoms with Crippen LogP contribution in [0.1, 0.15) is 5.56 Å². The number of carbonyl (C=O) groups excluding carboxylic acids is 2. The van der Waals surface area contributed by atoms with Gasteiger partial charge in [-0.1, -0.05) is 6.07 Å². The Morgan fingerprint density at radius 1 is 0.966 bits per heavy atom. The van der Waals surface area contributed by atoms with Crippen LogP contribution in [-0.4, -0.2) is 39.8 Å². The third kappa shape index (κ3) is 5.68. The number of para-hydroxylation sites is 1. The van der Waals surface area contributed by atoms with E-state index in [2.05, 4.69) is 0 Å². The lowest BCUT2D eigenvalue weighted by molar-refractivity contribution is -0.142. The molecule has 154 valence electrons. The van der Waals surface area contributed by atoms with Gasteiger partial charge in [0, 0.05) is 17.7 Å². The molecule has 0 aliphatic rings. The van der Waals surface area contributed by atoms with Crippen molar-refractivity contribution in [3.8, 4) is 17.2 Å². The van der Waals surface area contributed by atoms with Crippen molar-refractivity contribution in [1.82, 2.24) is 0 Å². The van der Waals surface area contributed by atoms with Gasteiger partial charge < -0.3 is 24.3 Å². The zero-order valence-electron chi connectivity index (χ0n) is 16.0. The second kappa shape index (κ2) is 10.1. The van der Waals surface area contributed by atoms with Crippen LogP contribution in [0, 0.1) is 11.6 Å². The minimum Gasteiger partial charge on any atom is -0.496 e. The molecule has 2 aromatic rings. The number of methoxy groups -OCH3 is 3. The van der Waals surface area contributed by atoms with Crippen molar-refractivity contribution in [1.29, 1.82) is 0 Å². The summed E-state index contributed by atoms with van der Waals surface area (Å²) in [5.41, 5.74) is -0.112. The van der Waals surface area contributed by atoms with Gasteiger partial charge in [-0.2, -0.15) is 0 Å². The fourth-order valence-electron chi connectivity index (χ4n) is 2.32. The Balaban J connectivity index is 2.00. The Labute approximate surface area is 165 Å². The quantitative estimate of drug-likeness (QED) is 0.535. The maximum Gasteiger partial charge on any atom is 0.331 e. The molecule has 0 unspecified atom stereocenters. The predicted molar refractivity (Wildman–Crippen MR) is 101 cm³/mol. The van der Waals surface area contributed by atoms with Gasteiger partial charge >= 0.3 is 5.97 Å². The van der Waals surface area contributed by atoms with Crippen molar-refractivity contribution >= 4 is 23.6 Å². The number of anilines is 1. The zero-order chi connectivity index (χ0) is 21.4. The summed E-state index contributed by atoms with van der Waals surface area (Å²) in [5, 5.41) is 2.01. The van der Waals surface area contributed by atoms with E-state index in [-0.39, 0.29) is 0 Å². The molecule has 0 aliphatic carbocycles. The molecular weight excluding hydrogens is 388 g/mol. The molecule has 0 fully saturated rings. The number of benzene rings is 2. The molecule has 0 bridgehead atoms. The summed E-state index contributed by atoms with van der Waals surface area (Å²) in [6.45, 7) is -0.722. The SMILES string of the molecule is COc1cc(OC)c(OC)cc1/C=C/C(=O)OCC(=O)Nc1c(F)cccc1F. The van der Waals surface area contributed by atoms with E-state index in [1.807, 2.05) is 5.32 Å². The van der Waals surface area contributed by atoms with Crippen molar-refractivity contribution < 1.29 is 37.3 Å². The Bertz CT molecular complexity index is 909. The fraction of sp³-hybridized carbons (Fsp3) is 0.200. The topological polar surface area (TPSA) is 83.1 Å². The fourth-order valence-corrected chi connectivity index (χ4v) is 2.32. The predicted octanol–water partition coefficient (Wildman–Crippen LogP) is 3.19. The lowest BCUT2D eigenvalue weighted by atomic mass is 10.1. The third-order valence-corrected chi connectivity index (χ3v) is 3.71. The average molecular weight is 407 g/mol. The highest BCUT2D eigenvalue weighted by atomic mass is 19.1. The molecule has 2 rings (SSSR count). The maximum absolute atomic E-state index is 13.5. The number of nitrogens with one attached hydrogen (secondary N) is 1. The molecule has 0 atom stereocenters. The van der Waals surface area contributed by atoms with E-state index in [0.717, 1.165) is 24.3 Å². The van der Waals surface area contributed by atoms with Crippen molar-refractivity contribution in [2.75, 3.05) is 33.3 Å². The maximum atomic E-state index is 13.5. The Hall–Kier alpha value is -3.62. The van der Waals surface area contributed by atoms with E-state index in [9.17, 15) is 18.4 Å². The van der Waals surface area contributed by atoms with Crippen molar-refractivity contribution in [2.24, 2.45) is 0 Å². The van der Waals surface area contributed by atoms with Crippen LogP contribution in [0.5, 0.6) is 17.2 Å². The first-order valence-corrected chi connectivity index (χ1v) is 8.28. The first-order valence-electron chi connectivity index (χ1n) is 8.28. The molecular formula is C20H19F2NO6. The molecule has 9 heteroatoms. The van der Waals surface area contributed by atoms with E-state index < -0.39 is 35.8 Å². The molecule has 0 saturated heterocycles. The van der Waals surface area contributed by atoms with Crippen molar-refractivity contribution in [3.05, 3.63) is 53.6 Å². The lowest BCUT2D eigenvalue weighted by Gasteiger charge is -2.12. The first-order chi connectivity index (χ1) is 13.9. The molecule has 0 radical (unpaired) electrons. The molecule has 0 aliphatic heterocycles. The Morgan fingerprint density at radius 2 is 1.55 bits per heavy atom. The van der Waals surface area contributed by atoms with Crippen LogP contribution in [0.2, 0.25) is 0 Å². The Morgan fingerprint density at radius 3 is 2.14 bits per heavy atom. The highest BCUT2D eigenvalue weighted by molar-refractivity contribution is 5.95. The standard InChI is InChI=1S/C20H19F2NO6/c1-26-15-10-17(28-3)16(27-2)9-12(15)7-8-19(25)29-11-18(24)23-20-13(21)5-4-6-14(20)22/h4-10H,11H2,1-3H3,(H,23,24)/b8-7+. The number of esters is 1. The van der Waals surface area contributed by atoms with Gasteiger partial charge in [0.15, 0.2) is 18.1 Å². The summed E-state index contributed by atoms with van der Waals surface area (Å²) in [6.07, 6.45) is 2.47. The number of ether oxygens (including phenoxy) is 4. The van der Waals surface area contributed by atoms with Crippen molar-refractivity contribution in [2.45, 2.75) is 0 Å². The van der Waals surface area contributed by atoms with Crippen molar-refractivity contribution in [3.63, 3.8) is 0 Å². The van der Waals surface area contributed by atoms with Crippen LogP contribution in [0.3, 0.4) is 0 Å². The third-order valence-electron chi connectivity index (χ3n) is 3.71. The van der Waals surface area contributed by atoms with Crippen LogP contribution in [0.4, 0.5) is 14.5 Å². The summed E-state index contributed by atoms with van der Waals surface area (Å²) in [5.74, 6) is -2.33. The monoisotopic (exact) mass is 407 g/mol. The van der Waals surface area contributed by atoms with E-state index >= 15 is 0 Å². The molecule has 0 spiro atoms. The second-order valence-corrected chi connectivity index (χ2v) is 5.54. The van der Waals surface area contributed by atoms with Gasteiger partial charge in [-0.25, -0.2) is 13.6 Å². The number of hydrogen-bond donors (Lipinski definition) is 1. The second-order valence-electron chi connectivity index (χ2n) is 5.54. The molecule has 0 heterocycles. The van der Waals surface area contributed by atoms with Gasteiger partial charge in [0.25, 0.3) is 5.91 Å². The minimum absolute atomic E-state index is 0.416.